The van der Waals surface area contributed by atoms with Crippen LogP contribution in [0.15, 0.2) is 78.9 Å². The Labute approximate surface area is 241 Å². The number of halogens is 1. The molecule has 0 aliphatic rings. The molecule has 0 N–H and O–H groups in total. The molecule has 4 rings (SSSR count). The lowest BCUT2D eigenvalue weighted by atomic mass is 10.0. The van der Waals surface area contributed by atoms with Crippen LogP contribution in [0, 0.1) is 29.5 Å². The number of fused-ring (bicyclic) bond motifs is 1. The third kappa shape index (κ3) is 8.86. The standard InChI is InChI=1S/C39H41F/c1-3-5-7-9-11-13-32-14-18-33(19-15-32)22-23-35-25-29-38-37(30-35)28-27-36(39(38)40)26-24-34-20-16-31(17-21-34)12-10-8-6-4-2/h14-21,25,27-30H,3-13H2,1-2H3. The molecule has 0 spiro atoms. The van der Waals surface area contributed by atoms with Gasteiger partial charge in [-0.05, 0) is 84.7 Å². The zero-order valence-corrected chi connectivity index (χ0v) is 24.2. The summed E-state index contributed by atoms with van der Waals surface area (Å²) in [6.07, 6.45) is 13.8. The fourth-order valence-corrected chi connectivity index (χ4v) is 4.95. The Morgan fingerprint density at radius 1 is 0.500 bits per heavy atom. The van der Waals surface area contributed by atoms with E-state index in [9.17, 15) is 0 Å². The summed E-state index contributed by atoms with van der Waals surface area (Å²) in [6.45, 7) is 4.48. The molecule has 1 heteroatoms. The van der Waals surface area contributed by atoms with E-state index in [2.05, 4.69) is 73.9 Å². The van der Waals surface area contributed by atoms with Crippen LogP contribution in [0.4, 0.5) is 4.39 Å². The lowest BCUT2D eigenvalue weighted by molar-refractivity contribution is 0.632. The molecule has 0 radical (unpaired) electrons. The summed E-state index contributed by atoms with van der Waals surface area (Å²) in [5.74, 6) is 12.4. The molecule has 0 amide bonds. The lowest BCUT2D eigenvalue weighted by Gasteiger charge is -2.03. The van der Waals surface area contributed by atoms with Gasteiger partial charge < -0.3 is 0 Å². The highest BCUT2D eigenvalue weighted by molar-refractivity contribution is 5.86. The first kappa shape index (κ1) is 29.2. The van der Waals surface area contributed by atoms with Crippen molar-refractivity contribution in [2.24, 2.45) is 0 Å². The van der Waals surface area contributed by atoms with E-state index in [1.165, 1.54) is 68.9 Å². The molecular weight excluding hydrogens is 487 g/mol. The predicted octanol–water partition coefficient (Wildman–Crippen LogP) is 10.4. The van der Waals surface area contributed by atoms with Crippen LogP contribution in [0.5, 0.6) is 0 Å². The van der Waals surface area contributed by atoms with E-state index in [1.54, 1.807) is 6.07 Å². The second-order valence-electron chi connectivity index (χ2n) is 10.7. The van der Waals surface area contributed by atoms with Crippen molar-refractivity contribution >= 4 is 10.8 Å². The van der Waals surface area contributed by atoms with Crippen molar-refractivity contribution in [3.63, 3.8) is 0 Å². The molecule has 0 unspecified atom stereocenters. The Morgan fingerprint density at radius 2 is 1.00 bits per heavy atom. The summed E-state index contributed by atoms with van der Waals surface area (Å²) >= 11 is 0. The van der Waals surface area contributed by atoms with E-state index in [0.717, 1.165) is 34.9 Å². The van der Waals surface area contributed by atoms with Crippen molar-refractivity contribution in [2.75, 3.05) is 0 Å². The van der Waals surface area contributed by atoms with Crippen LogP contribution in [0.3, 0.4) is 0 Å². The number of benzene rings is 4. The van der Waals surface area contributed by atoms with Crippen molar-refractivity contribution in [3.05, 3.63) is 118 Å². The molecule has 0 aromatic heterocycles. The Bertz CT molecular complexity index is 1480. The Balaban J connectivity index is 1.38. The van der Waals surface area contributed by atoms with Crippen LogP contribution >= 0.6 is 0 Å². The largest absolute Gasteiger partial charge is 0.205 e. The van der Waals surface area contributed by atoms with Crippen LogP contribution < -0.4 is 0 Å². The fraction of sp³-hybridized carbons (Fsp3) is 0.333. The molecule has 0 nitrogen and oxygen atoms in total. The maximum atomic E-state index is 15.3. The molecule has 4 aromatic carbocycles. The van der Waals surface area contributed by atoms with Gasteiger partial charge in [-0.1, -0.05) is 119 Å². The third-order valence-corrected chi connectivity index (χ3v) is 7.44. The molecule has 0 heterocycles. The summed E-state index contributed by atoms with van der Waals surface area (Å²) in [4.78, 5) is 0. The first-order chi connectivity index (χ1) is 19.7. The number of aryl methyl sites for hydroxylation is 2. The average molecular weight is 529 g/mol. The molecule has 4 aromatic rings. The maximum Gasteiger partial charge on any atom is 0.146 e. The van der Waals surface area contributed by atoms with Gasteiger partial charge in [-0.25, -0.2) is 4.39 Å². The summed E-state index contributed by atoms with van der Waals surface area (Å²) in [5.41, 5.74) is 5.90. The molecule has 0 bridgehead atoms. The predicted molar refractivity (Wildman–Crippen MR) is 169 cm³/mol. The van der Waals surface area contributed by atoms with Gasteiger partial charge in [-0.2, -0.15) is 0 Å². The Morgan fingerprint density at radius 3 is 1.60 bits per heavy atom. The van der Waals surface area contributed by atoms with Crippen molar-refractivity contribution in [1.29, 1.82) is 0 Å². The molecule has 0 atom stereocenters. The summed E-state index contributed by atoms with van der Waals surface area (Å²) < 4.78 is 15.3. The van der Waals surface area contributed by atoms with E-state index in [0.29, 0.717) is 10.9 Å². The van der Waals surface area contributed by atoms with Gasteiger partial charge in [0, 0.05) is 22.1 Å². The van der Waals surface area contributed by atoms with E-state index in [1.807, 2.05) is 36.4 Å². The van der Waals surface area contributed by atoms with Crippen molar-refractivity contribution < 1.29 is 4.39 Å². The van der Waals surface area contributed by atoms with Crippen LogP contribution in [0.25, 0.3) is 10.8 Å². The highest BCUT2D eigenvalue weighted by Crippen LogP contribution is 2.22. The topological polar surface area (TPSA) is 0 Å². The minimum atomic E-state index is -0.276. The fourth-order valence-electron chi connectivity index (χ4n) is 4.95. The van der Waals surface area contributed by atoms with Crippen LogP contribution in [-0.4, -0.2) is 0 Å². The summed E-state index contributed by atoms with van der Waals surface area (Å²) in [6, 6.07) is 26.3. The Kier molecular flexibility index (Phi) is 11.5. The normalized spacial score (nSPS) is 10.6. The van der Waals surface area contributed by atoms with E-state index in [-0.39, 0.29) is 5.82 Å². The molecular formula is C39H41F. The number of hydrogen-bond acceptors (Lipinski definition) is 0. The minimum absolute atomic E-state index is 0.276. The van der Waals surface area contributed by atoms with Gasteiger partial charge in [-0.3, -0.25) is 0 Å². The number of unbranched alkanes of at least 4 members (excludes halogenated alkanes) is 7. The van der Waals surface area contributed by atoms with Crippen molar-refractivity contribution in [2.45, 2.75) is 84.5 Å². The average Bonchev–Trinajstić information content (AvgIpc) is 2.99. The van der Waals surface area contributed by atoms with Gasteiger partial charge >= 0.3 is 0 Å². The monoisotopic (exact) mass is 528 g/mol. The Hall–Kier alpha value is -3.81. The van der Waals surface area contributed by atoms with Gasteiger partial charge in [0.2, 0.25) is 0 Å². The van der Waals surface area contributed by atoms with E-state index in [4.69, 9.17) is 0 Å². The zero-order valence-electron chi connectivity index (χ0n) is 24.2. The van der Waals surface area contributed by atoms with Gasteiger partial charge in [-0.15, -0.1) is 0 Å². The molecule has 0 aliphatic carbocycles. The van der Waals surface area contributed by atoms with Crippen molar-refractivity contribution in [1.82, 2.24) is 0 Å². The van der Waals surface area contributed by atoms with Crippen LogP contribution in [0.2, 0.25) is 0 Å². The first-order valence-corrected chi connectivity index (χ1v) is 15.1. The van der Waals surface area contributed by atoms with Gasteiger partial charge in [0.1, 0.15) is 5.82 Å². The third-order valence-electron chi connectivity index (χ3n) is 7.44. The summed E-state index contributed by atoms with van der Waals surface area (Å²) in [5, 5.41) is 1.41. The highest BCUT2D eigenvalue weighted by atomic mass is 19.1. The highest BCUT2D eigenvalue weighted by Gasteiger charge is 2.06. The number of hydrogen-bond donors (Lipinski definition) is 0. The second-order valence-corrected chi connectivity index (χ2v) is 10.7. The van der Waals surface area contributed by atoms with E-state index >= 15 is 4.39 Å². The smallest absolute Gasteiger partial charge is 0.146 e. The first-order valence-electron chi connectivity index (χ1n) is 15.1. The molecule has 40 heavy (non-hydrogen) atoms. The molecule has 204 valence electrons. The van der Waals surface area contributed by atoms with E-state index < -0.39 is 0 Å². The molecule has 0 saturated carbocycles. The van der Waals surface area contributed by atoms with Gasteiger partial charge in [0.15, 0.2) is 0 Å². The zero-order chi connectivity index (χ0) is 28.0. The van der Waals surface area contributed by atoms with Gasteiger partial charge in [0.25, 0.3) is 0 Å². The summed E-state index contributed by atoms with van der Waals surface area (Å²) in [7, 11) is 0. The minimum Gasteiger partial charge on any atom is -0.205 e. The molecule has 0 fully saturated rings. The molecule has 0 aliphatic heterocycles. The second kappa shape index (κ2) is 15.7. The molecule has 0 saturated heterocycles. The van der Waals surface area contributed by atoms with Gasteiger partial charge in [0.05, 0.1) is 5.56 Å². The maximum absolute atomic E-state index is 15.3. The lowest BCUT2D eigenvalue weighted by Crippen LogP contribution is -1.88. The van der Waals surface area contributed by atoms with Crippen LogP contribution in [0.1, 0.15) is 105 Å². The van der Waals surface area contributed by atoms with Crippen LogP contribution in [-0.2, 0) is 12.8 Å². The SMILES string of the molecule is CCCCCCCc1ccc(C#Cc2ccc3c(F)c(C#Cc4ccc(CCCCCC)cc4)ccc3c2)cc1. The quantitative estimate of drug-likeness (QED) is 0.134. The number of rotatable bonds is 11. The van der Waals surface area contributed by atoms with Crippen molar-refractivity contribution in [3.8, 4) is 23.7 Å².